The lowest BCUT2D eigenvalue weighted by molar-refractivity contribution is -0.126. The number of carbonyl (C=O) groups is 1. The fraction of sp³-hybridized carbons (Fsp3) is 0.235. The van der Waals surface area contributed by atoms with Gasteiger partial charge in [0.05, 0.1) is 5.69 Å². The molecule has 1 unspecified atom stereocenters. The second-order valence-electron chi connectivity index (χ2n) is 5.14. The number of rotatable bonds is 3. The smallest absolute Gasteiger partial charge is 0.268 e. The van der Waals surface area contributed by atoms with Crippen molar-refractivity contribution in [3.63, 3.8) is 0 Å². The van der Waals surface area contributed by atoms with Crippen LogP contribution in [0.5, 0.6) is 11.5 Å². The lowest BCUT2D eigenvalue weighted by atomic mass is 10.0. The van der Waals surface area contributed by atoms with Gasteiger partial charge in [-0.1, -0.05) is 18.2 Å². The van der Waals surface area contributed by atoms with Gasteiger partial charge in [0.1, 0.15) is 17.3 Å². The van der Waals surface area contributed by atoms with Crippen LogP contribution in [-0.2, 0) is 11.2 Å². The molecule has 4 nitrogen and oxygen atoms in total. The molecule has 0 aliphatic carbocycles. The highest BCUT2D eigenvalue weighted by molar-refractivity contribution is 6.00. The van der Waals surface area contributed by atoms with E-state index >= 15 is 0 Å². The Labute approximate surface area is 127 Å². The van der Waals surface area contributed by atoms with E-state index in [-0.39, 0.29) is 23.9 Å². The number of likely N-dealkylation sites (N-methyl/N-ethyl adjacent to an activating group) is 1. The quantitative estimate of drug-likeness (QED) is 0.948. The highest BCUT2D eigenvalue weighted by Crippen LogP contribution is 2.37. The molecule has 0 saturated carbocycles. The number of fused-ring (bicyclic) bond motifs is 1. The van der Waals surface area contributed by atoms with E-state index in [1.54, 1.807) is 29.2 Å². The molecule has 0 spiro atoms. The first-order valence-corrected chi connectivity index (χ1v) is 7.14. The first kappa shape index (κ1) is 14.4. The second-order valence-corrected chi connectivity index (χ2v) is 5.14. The largest absolute Gasteiger partial charge is 0.508 e. The lowest BCUT2D eigenvalue weighted by Gasteiger charge is -2.33. The number of phenols is 1. The fourth-order valence-corrected chi connectivity index (χ4v) is 2.63. The maximum absolute atomic E-state index is 13.8. The minimum atomic E-state index is -0.770. The number of aromatic hydroxyl groups is 1. The highest BCUT2D eigenvalue weighted by atomic mass is 19.1. The molecular formula is C17H16FNO3. The average molecular weight is 301 g/mol. The maximum Gasteiger partial charge on any atom is 0.268 e. The number of halogens is 1. The molecule has 1 amide bonds. The molecule has 3 rings (SSSR count). The summed E-state index contributed by atoms with van der Waals surface area (Å²) < 4.78 is 19.5. The monoisotopic (exact) mass is 301 g/mol. The summed E-state index contributed by atoms with van der Waals surface area (Å²) in [7, 11) is 0. The van der Waals surface area contributed by atoms with Crippen LogP contribution in [0.2, 0.25) is 0 Å². The molecule has 2 aromatic carbocycles. The first-order valence-electron chi connectivity index (χ1n) is 7.14. The van der Waals surface area contributed by atoms with Crippen LogP contribution in [0.4, 0.5) is 10.1 Å². The molecule has 114 valence electrons. The number of ether oxygens (including phenoxy) is 1. The van der Waals surface area contributed by atoms with Crippen LogP contribution in [0.3, 0.4) is 0 Å². The predicted molar refractivity (Wildman–Crippen MR) is 80.7 cm³/mol. The van der Waals surface area contributed by atoms with E-state index in [2.05, 4.69) is 0 Å². The third-order valence-corrected chi connectivity index (χ3v) is 3.72. The summed E-state index contributed by atoms with van der Waals surface area (Å²) in [6, 6.07) is 11.0. The van der Waals surface area contributed by atoms with Gasteiger partial charge in [-0.15, -0.1) is 0 Å². The van der Waals surface area contributed by atoms with E-state index in [9.17, 15) is 14.3 Å². The van der Waals surface area contributed by atoms with Crippen molar-refractivity contribution in [3.8, 4) is 11.5 Å². The Bertz CT molecular complexity index is 717. The standard InChI is InChI=1S/C17H16FNO3/c1-2-19-14-10-12(20)7-8-15(14)22-16(17(19)21)9-11-5-3-4-6-13(11)18/h3-8,10,16,20H,2,9H2,1H3. The van der Waals surface area contributed by atoms with Crippen molar-refractivity contribution >= 4 is 11.6 Å². The molecule has 5 heteroatoms. The average Bonchev–Trinajstić information content (AvgIpc) is 2.51. The van der Waals surface area contributed by atoms with E-state index in [1.807, 2.05) is 6.92 Å². The number of anilines is 1. The Hall–Kier alpha value is -2.56. The van der Waals surface area contributed by atoms with E-state index in [4.69, 9.17) is 4.74 Å². The van der Waals surface area contributed by atoms with Gasteiger partial charge in [-0.3, -0.25) is 4.79 Å². The van der Waals surface area contributed by atoms with Crippen molar-refractivity contribution in [3.05, 3.63) is 53.8 Å². The maximum atomic E-state index is 13.8. The third kappa shape index (κ3) is 2.50. The highest BCUT2D eigenvalue weighted by Gasteiger charge is 2.34. The van der Waals surface area contributed by atoms with Crippen LogP contribution in [0, 0.1) is 5.82 Å². The van der Waals surface area contributed by atoms with Crippen LogP contribution < -0.4 is 9.64 Å². The van der Waals surface area contributed by atoms with Crippen molar-refractivity contribution in [2.75, 3.05) is 11.4 Å². The molecule has 1 heterocycles. The zero-order chi connectivity index (χ0) is 15.7. The van der Waals surface area contributed by atoms with Crippen molar-refractivity contribution in [2.45, 2.75) is 19.4 Å². The molecule has 1 atom stereocenters. The molecule has 1 aliphatic heterocycles. The number of hydrogen-bond donors (Lipinski definition) is 1. The normalized spacial score (nSPS) is 17.1. The van der Waals surface area contributed by atoms with Gasteiger partial charge in [-0.05, 0) is 30.7 Å². The van der Waals surface area contributed by atoms with Gasteiger partial charge in [0.2, 0.25) is 0 Å². The van der Waals surface area contributed by atoms with E-state index in [0.717, 1.165) is 0 Å². The second kappa shape index (κ2) is 5.67. The van der Waals surface area contributed by atoms with Crippen molar-refractivity contribution in [1.82, 2.24) is 0 Å². The zero-order valence-corrected chi connectivity index (χ0v) is 12.1. The van der Waals surface area contributed by atoms with Crippen LogP contribution in [-0.4, -0.2) is 23.7 Å². The molecule has 22 heavy (non-hydrogen) atoms. The van der Waals surface area contributed by atoms with E-state index in [0.29, 0.717) is 23.5 Å². The predicted octanol–water partition coefficient (Wildman–Crippen LogP) is 2.89. The SMILES string of the molecule is CCN1C(=O)C(Cc2ccccc2F)Oc2ccc(O)cc21. The molecule has 1 aliphatic rings. The molecule has 0 saturated heterocycles. The molecule has 0 radical (unpaired) electrons. The van der Waals surface area contributed by atoms with E-state index < -0.39 is 6.10 Å². The van der Waals surface area contributed by atoms with Crippen LogP contribution in [0.15, 0.2) is 42.5 Å². The molecule has 0 fully saturated rings. The number of phenolic OH excluding ortho intramolecular Hbond substituents is 1. The molecule has 1 N–H and O–H groups in total. The van der Waals surface area contributed by atoms with E-state index in [1.165, 1.54) is 18.2 Å². The minimum Gasteiger partial charge on any atom is -0.508 e. The number of hydrogen-bond acceptors (Lipinski definition) is 3. The zero-order valence-electron chi connectivity index (χ0n) is 12.1. The van der Waals surface area contributed by atoms with Crippen molar-refractivity contribution < 1.29 is 19.0 Å². The van der Waals surface area contributed by atoms with Gasteiger partial charge >= 0.3 is 0 Å². The Morgan fingerprint density at radius 1 is 1.27 bits per heavy atom. The molecule has 0 bridgehead atoms. The Morgan fingerprint density at radius 3 is 2.77 bits per heavy atom. The Morgan fingerprint density at radius 2 is 2.05 bits per heavy atom. The molecule has 2 aromatic rings. The van der Waals surface area contributed by atoms with Gasteiger partial charge in [-0.2, -0.15) is 0 Å². The lowest BCUT2D eigenvalue weighted by Crippen LogP contribution is -2.46. The van der Waals surface area contributed by atoms with Crippen molar-refractivity contribution in [1.29, 1.82) is 0 Å². The Balaban J connectivity index is 1.93. The first-order chi connectivity index (χ1) is 10.6. The molecular weight excluding hydrogens is 285 g/mol. The number of carbonyl (C=O) groups excluding carboxylic acids is 1. The summed E-state index contributed by atoms with van der Waals surface area (Å²) in [6.07, 6.45) is -0.601. The fourth-order valence-electron chi connectivity index (χ4n) is 2.63. The summed E-state index contributed by atoms with van der Waals surface area (Å²) >= 11 is 0. The summed E-state index contributed by atoms with van der Waals surface area (Å²) in [5, 5.41) is 9.58. The number of amides is 1. The van der Waals surface area contributed by atoms with Gasteiger partial charge in [0.25, 0.3) is 5.91 Å². The van der Waals surface area contributed by atoms with Crippen LogP contribution >= 0.6 is 0 Å². The van der Waals surface area contributed by atoms with Crippen LogP contribution in [0.25, 0.3) is 0 Å². The van der Waals surface area contributed by atoms with Gasteiger partial charge < -0.3 is 14.7 Å². The minimum absolute atomic E-state index is 0.0705. The topological polar surface area (TPSA) is 49.8 Å². The number of benzene rings is 2. The van der Waals surface area contributed by atoms with Crippen LogP contribution in [0.1, 0.15) is 12.5 Å². The third-order valence-electron chi connectivity index (χ3n) is 3.72. The van der Waals surface area contributed by atoms with Gasteiger partial charge in [0.15, 0.2) is 6.10 Å². The van der Waals surface area contributed by atoms with Gasteiger partial charge in [0, 0.05) is 19.0 Å². The Kier molecular flexibility index (Phi) is 3.71. The number of nitrogens with zero attached hydrogens (tertiary/aromatic N) is 1. The summed E-state index contributed by atoms with van der Waals surface area (Å²) in [4.78, 5) is 14.1. The van der Waals surface area contributed by atoms with Gasteiger partial charge in [-0.25, -0.2) is 4.39 Å². The summed E-state index contributed by atoms with van der Waals surface area (Å²) in [5.74, 6) is 0.00375. The molecule has 0 aromatic heterocycles. The van der Waals surface area contributed by atoms with Crippen molar-refractivity contribution in [2.24, 2.45) is 0 Å². The summed E-state index contributed by atoms with van der Waals surface area (Å²) in [6.45, 7) is 2.30. The summed E-state index contributed by atoms with van der Waals surface area (Å²) in [5.41, 5.74) is 0.983.